The molecule has 0 aromatic carbocycles. The zero-order chi connectivity index (χ0) is 10.8. The number of nitrogens with zero attached hydrogens (tertiary/aromatic N) is 1. The van der Waals surface area contributed by atoms with Crippen molar-refractivity contribution in [3.05, 3.63) is 0 Å². The van der Waals surface area contributed by atoms with Crippen LogP contribution >= 0.6 is 0 Å². The van der Waals surface area contributed by atoms with Crippen LogP contribution in [0.2, 0.25) is 0 Å². The minimum atomic E-state index is 0.742. The lowest BCUT2D eigenvalue weighted by molar-refractivity contribution is 0.0883. The maximum absolute atomic E-state index is 3.42. The number of likely N-dealkylation sites (tertiary alicyclic amines) is 1. The summed E-state index contributed by atoms with van der Waals surface area (Å²) in [4.78, 5) is 2.75. The zero-order valence-corrected chi connectivity index (χ0v) is 10.5. The largest absolute Gasteiger partial charge is 0.316 e. The van der Waals surface area contributed by atoms with E-state index in [2.05, 4.69) is 31.1 Å². The molecule has 1 aliphatic carbocycles. The van der Waals surface area contributed by atoms with Gasteiger partial charge in [-0.1, -0.05) is 20.3 Å². The summed E-state index contributed by atoms with van der Waals surface area (Å²) in [7, 11) is 2.10. The lowest BCUT2D eigenvalue weighted by Crippen LogP contribution is -2.46. The normalized spacial score (nSPS) is 43.4. The van der Waals surface area contributed by atoms with Crippen molar-refractivity contribution in [1.29, 1.82) is 0 Å². The van der Waals surface area contributed by atoms with Crippen LogP contribution in [0, 0.1) is 11.8 Å². The van der Waals surface area contributed by atoms with E-state index >= 15 is 0 Å². The van der Waals surface area contributed by atoms with Crippen LogP contribution in [0.4, 0.5) is 0 Å². The van der Waals surface area contributed by atoms with Crippen molar-refractivity contribution in [2.75, 3.05) is 20.1 Å². The molecule has 0 spiro atoms. The smallest absolute Gasteiger partial charge is 0.0204 e. The van der Waals surface area contributed by atoms with Crippen molar-refractivity contribution in [2.24, 2.45) is 11.8 Å². The standard InChI is InChI=1S/C13H26N2/c1-10-5-4-6-11(2)13(10)15-8-7-12(9-15)14-3/h10-14H,4-9H2,1-3H3. The van der Waals surface area contributed by atoms with Gasteiger partial charge in [-0.05, 0) is 38.1 Å². The van der Waals surface area contributed by atoms with Gasteiger partial charge >= 0.3 is 0 Å². The van der Waals surface area contributed by atoms with Crippen molar-refractivity contribution >= 4 is 0 Å². The van der Waals surface area contributed by atoms with Gasteiger partial charge in [0.25, 0.3) is 0 Å². The Balaban J connectivity index is 1.96. The summed E-state index contributed by atoms with van der Waals surface area (Å²) >= 11 is 0. The van der Waals surface area contributed by atoms with Gasteiger partial charge in [-0.2, -0.15) is 0 Å². The molecule has 0 radical (unpaired) electrons. The molecule has 0 amide bonds. The molecular formula is C13H26N2. The Bertz CT molecular complexity index is 195. The van der Waals surface area contributed by atoms with Gasteiger partial charge in [-0.15, -0.1) is 0 Å². The molecule has 1 heterocycles. The van der Waals surface area contributed by atoms with Crippen molar-refractivity contribution in [3.63, 3.8) is 0 Å². The van der Waals surface area contributed by atoms with Crippen molar-refractivity contribution < 1.29 is 0 Å². The van der Waals surface area contributed by atoms with Crippen molar-refractivity contribution in [1.82, 2.24) is 10.2 Å². The van der Waals surface area contributed by atoms with Gasteiger partial charge in [0.1, 0.15) is 0 Å². The van der Waals surface area contributed by atoms with Gasteiger partial charge in [0.15, 0.2) is 0 Å². The molecule has 15 heavy (non-hydrogen) atoms. The van der Waals surface area contributed by atoms with E-state index in [1.54, 1.807) is 0 Å². The molecule has 1 N–H and O–H groups in total. The summed E-state index contributed by atoms with van der Waals surface area (Å²) in [5.74, 6) is 1.81. The highest BCUT2D eigenvalue weighted by Crippen LogP contribution is 2.34. The Hall–Kier alpha value is -0.0800. The Morgan fingerprint density at radius 2 is 1.73 bits per heavy atom. The van der Waals surface area contributed by atoms with E-state index in [9.17, 15) is 0 Å². The Morgan fingerprint density at radius 1 is 1.07 bits per heavy atom. The fourth-order valence-electron chi connectivity index (χ4n) is 3.68. The molecule has 3 unspecified atom stereocenters. The topological polar surface area (TPSA) is 15.3 Å². The lowest BCUT2D eigenvalue weighted by Gasteiger charge is -2.41. The van der Waals surface area contributed by atoms with Crippen LogP contribution < -0.4 is 5.32 Å². The molecule has 1 saturated heterocycles. The first-order chi connectivity index (χ1) is 7.22. The summed E-state index contributed by atoms with van der Waals surface area (Å²) < 4.78 is 0. The van der Waals surface area contributed by atoms with E-state index in [1.165, 1.54) is 38.8 Å². The zero-order valence-electron chi connectivity index (χ0n) is 10.5. The molecule has 1 aliphatic heterocycles. The number of hydrogen-bond acceptors (Lipinski definition) is 2. The van der Waals surface area contributed by atoms with Crippen LogP contribution in [0.5, 0.6) is 0 Å². The van der Waals surface area contributed by atoms with E-state index in [1.807, 2.05) is 0 Å². The van der Waals surface area contributed by atoms with Gasteiger partial charge in [0.2, 0.25) is 0 Å². The van der Waals surface area contributed by atoms with Crippen LogP contribution in [0.25, 0.3) is 0 Å². The first-order valence-electron chi connectivity index (χ1n) is 6.63. The molecular weight excluding hydrogens is 184 g/mol. The van der Waals surface area contributed by atoms with Crippen LogP contribution in [0.3, 0.4) is 0 Å². The summed E-state index contributed by atoms with van der Waals surface area (Å²) in [6, 6.07) is 1.60. The second kappa shape index (κ2) is 4.84. The van der Waals surface area contributed by atoms with E-state index in [0.29, 0.717) is 0 Å². The highest BCUT2D eigenvalue weighted by atomic mass is 15.2. The first-order valence-corrected chi connectivity index (χ1v) is 6.63. The molecule has 2 aliphatic rings. The first kappa shape index (κ1) is 11.4. The Labute approximate surface area is 94.4 Å². The van der Waals surface area contributed by atoms with E-state index < -0.39 is 0 Å². The lowest BCUT2D eigenvalue weighted by atomic mass is 9.78. The van der Waals surface area contributed by atoms with Crippen molar-refractivity contribution in [2.45, 2.75) is 51.6 Å². The number of rotatable bonds is 2. The number of nitrogens with one attached hydrogen (secondary N) is 1. The van der Waals surface area contributed by atoms with Gasteiger partial charge in [-0.25, -0.2) is 0 Å². The average Bonchev–Trinajstić information content (AvgIpc) is 2.66. The maximum atomic E-state index is 3.42. The quantitative estimate of drug-likeness (QED) is 0.751. The average molecular weight is 210 g/mol. The maximum Gasteiger partial charge on any atom is 0.0204 e. The molecule has 0 aromatic rings. The highest BCUT2D eigenvalue weighted by molar-refractivity contribution is 4.91. The van der Waals surface area contributed by atoms with Gasteiger partial charge in [0, 0.05) is 25.2 Å². The summed E-state index contributed by atoms with van der Waals surface area (Å²) in [6.45, 7) is 7.49. The predicted octanol–water partition coefficient (Wildman–Crippen LogP) is 2.10. The van der Waals surface area contributed by atoms with Crippen LogP contribution in [0.15, 0.2) is 0 Å². The van der Waals surface area contributed by atoms with Crippen LogP contribution in [-0.4, -0.2) is 37.1 Å². The molecule has 2 nitrogen and oxygen atoms in total. The molecule has 1 saturated carbocycles. The minimum Gasteiger partial charge on any atom is -0.316 e. The van der Waals surface area contributed by atoms with Gasteiger partial charge in [-0.3, -0.25) is 4.90 Å². The van der Waals surface area contributed by atoms with Crippen LogP contribution in [0.1, 0.15) is 39.5 Å². The molecule has 2 fully saturated rings. The van der Waals surface area contributed by atoms with E-state index in [-0.39, 0.29) is 0 Å². The third-order valence-corrected chi connectivity index (χ3v) is 4.53. The fourth-order valence-corrected chi connectivity index (χ4v) is 3.68. The molecule has 3 atom stereocenters. The second-order valence-corrected chi connectivity index (χ2v) is 5.65. The summed E-state index contributed by atoms with van der Waals surface area (Å²) in [5.41, 5.74) is 0. The molecule has 2 heteroatoms. The Morgan fingerprint density at radius 3 is 2.27 bits per heavy atom. The highest BCUT2D eigenvalue weighted by Gasteiger charge is 2.35. The van der Waals surface area contributed by atoms with E-state index in [4.69, 9.17) is 0 Å². The second-order valence-electron chi connectivity index (χ2n) is 5.65. The number of likely N-dealkylation sites (N-methyl/N-ethyl adjacent to an activating group) is 1. The molecule has 0 bridgehead atoms. The third-order valence-electron chi connectivity index (χ3n) is 4.53. The van der Waals surface area contributed by atoms with E-state index in [0.717, 1.165) is 23.9 Å². The van der Waals surface area contributed by atoms with Gasteiger partial charge < -0.3 is 5.32 Å². The van der Waals surface area contributed by atoms with Gasteiger partial charge in [0.05, 0.1) is 0 Å². The SMILES string of the molecule is CNC1CCN(C2C(C)CCCC2C)C1. The summed E-state index contributed by atoms with van der Waals surface area (Å²) in [6.07, 6.45) is 5.67. The molecule has 0 aromatic heterocycles. The summed E-state index contributed by atoms with van der Waals surface area (Å²) in [5, 5.41) is 3.42. The molecule has 2 rings (SSSR count). The third kappa shape index (κ3) is 2.36. The fraction of sp³-hybridized carbons (Fsp3) is 1.00. The Kier molecular flexibility index (Phi) is 3.68. The minimum absolute atomic E-state index is 0.742. The predicted molar refractivity (Wildman–Crippen MR) is 65.0 cm³/mol. The van der Waals surface area contributed by atoms with Crippen molar-refractivity contribution in [3.8, 4) is 0 Å². The number of hydrogen-bond donors (Lipinski definition) is 1. The molecule has 88 valence electrons. The monoisotopic (exact) mass is 210 g/mol. The van der Waals surface area contributed by atoms with Crippen LogP contribution in [-0.2, 0) is 0 Å².